The Hall–Kier alpha value is -2.18. The second kappa shape index (κ2) is 6.75. The molecule has 0 spiro atoms. The molecule has 6 heteroatoms. The Morgan fingerprint density at radius 2 is 1.75 bits per heavy atom. The van der Waals surface area contributed by atoms with Gasteiger partial charge >= 0.3 is 0 Å². The lowest BCUT2D eigenvalue weighted by molar-refractivity contribution is 0.385. The maximum absolute atomic E-state index is 10.1. The van der Waals surface area contributed by atoms with E-state index in [1.807, 2.05) is 42.5 Å². The predicted molar refractivity (Wildman–Crippen MR) is 97.0 cm³/mol. The van der Waals surface area contributed by atoms with Crippen LogP contribution in [0, 0.1) is 0 Å². The van der Waals surface area contributed by atoms with Crippen molar-refractivity contribution in [2.75, 3.05) is 0 Å². The fourth-order valence-corrected chi connectivity index (χ4v) is 2.76. The van der Waals surface area contributed by atoms with E-state index < -0.39 is 0 Å². The summed E-state index contributed by atoms with van der Waals surface area (Å²) in [7, 11) is 0. The lowest BCUT2D eigenvalue weighted by Gasteiger charge is -2.27. The van der Waals surface area contributed by atoms with E-state index in [0.717, 1.165) is 15.7 Å². The molecule has 0 atom stereocenters. The fourth-order valence-electron chi connectivity index (χ4n) is 2.50. The number of halogens is 1. The molecule has 0 radical (unpaired) electrons. The van der Waals surface area contributed by atoms with Gasteiger partial charge < -0.3 is 10.4 Å². The highest BCUT2D eigenvalue weighted by Crippen LogP contribution is 2.24. The molecule has 1 heterocycles. The number of rotatable bonds is 5. The van der Waals surface area contributed by atoms with Gasteiger partial charge in [-0.2, -0.15) is 0 Å². The van der Waals surface area contributed by atoms with Crippen molar-refractivity contribution in [2.24, 2.45) is 0 Å². The molecule has 0 unspecified atom stereocenters. The second-order valence-electron chi connectivity index (χ2n) is 6.09. The van der Waals surface area contributed by atoms with Crippen LogP contribution in [0.4, 0.5) is 0 Å². The molecular weight excluding hydrogens is 368 g/mol. The van der Waals surface area contributed by atoms with Gasteiger partial charge in [0.05, 0.1) is 5.69 Å². The summed E-state index contributed by atoms with van der Waals surface area (Å²) in [5.41, 5.74) is 2.39. The van der Waals surface area contributed by atoms with Crippen molar-refractivity contribution in [1.82, 2.24) is 20.3 Å². The Labute approximate surface area is 149 Å². The van der Waals surface area contributed by atoms with Crippen LogP contribution in [0.25, 0.3) is 5.69 Å². The summed E-state index contributed by atoms with van der Waals surface area (Å²) in [5.74, 6) is -0.0574. The summed E-state index contributed by atoms with van der Waals surface area (Å²) in [6.45, 7) is 4.64. The van der Waals surface area contributed by atoms with Gasteiger partial charge in [-0.05, 0) is 43.7 Å². The molecule has 0 bridgehead atoms. The molecule has 2 aromatic carbocycles. The number of hydrogen-bond donors (Lipinski definition) is 2. The van der Waals surface area contributed by atoms with E-state index in [0.29, 0.717) is 12.2 Å². The molecule has 0 aliphatic carbocycles. The second-order valence-corrected chi connectivity index (χ2v) is 7.01. The molecule has 3 rings (SSSR count). The molecular formula is C18H19BrN4O. The molecule has 2 N–H and O–H groups in total. The molecule has 0 saturated carbocycles. The molecule has 0 aliphatic rings. The van der Waals surface area contributed by atoms with Crippen LogP contribution in [0.1, 0.15) is 25.1 Å². The summed E-state index contributed by atoms with van der Waals surface area (Å²) in [6.07, 6.45) is 0. The number of aromatic nitrogens is 3. The van der Waals surface area contributed by atoms with Gasteiger partial charge in [0, 0.05) is 16.6 Å². The van der Waals surface area contributed by atoms with E-state index in [2.05, 4.69) is 57.5 Å². The zero-order valence-electron chi connectivity index (χ0n) is 13.6. The molecule has 5 nitrogen and oxygen atoms in total. The summed E-state index contributed by atoms with van der Waals surface area (Å²) < 4.78 is 2.70. The van der Waals surface area contributed by atoms with Crippen molar-refractivity contribution >= 4 is 15.9 Å². The third-order valence-electron chi connectivity index (χ3n) is 4.01. The van der Waals surface area contributed by atoms with E-state index in [-0.39, 0.29) is 11.4 Å². The van der Waals surface area contributed by atoms with E-state index in [1.54, 1.807) is 4.68 Å². The molecule has 1 aromatic heterocycles. The van der Waals surface area contributed by atoms with Gasteiger partial charge in [0.25, 0.3) is 5.88 Å². The highest BCUT2D eigenvalue weighted by Gasteiger charge is 2.22. The Morgan fingerprint density at radius 3 is 2.42 bits per heavy atom. The van der Waals surface area contributed by atoms with Crippen molar-refractivity contribution in [3.8, 4) is 11.6 Å². The van der Waals surface area contributed by atoms with E-state index in [1.165, 1.54) is 0 Å². The zero-order valence-corrected chi connectivity index (χ0v) is 15.2. The van der Waals surface area contributed by atoms with Gasteiger partial charge in [-0.15, -0.1) is 0 Å². The maximum atomic E-state index is 10.1. The smallest absolute Gasteiger partial charge is 0.256 e. The minimum atomic E-state index is -0.265. The van der Waals surface area contributed by atoms with Crippen LogP contribution >= 0.6 is 15.9 Å². The molecule has 0 amide bonds. The number of hydrogen-bond acceptors (Lipinski definition) is 4. The van der Waals surface area contributed by atoms with E-state index in [4.69, 9.17) is 0 Å². The standard InChI is InChI=1S/C18H19BrN4O/c1-18(2,13-8-10-14(19)11-9-13)20-12-16-17(24)21-22-23(16)15-6-4-3-5-7-15/h3-11,20,24H,12H2,1-2H3. The van der Waals surface area contributed by atoms with Crippen LogP contribution in [0.2, 0.25) is 0 Å². The maximum Gasteiger partial charge on any atom is 0.256 e. The summed E-state index contributed by atoms with van der Waals surface area (Å²) in [4.78, 5) is 0. The summed E-state index contributed by atoms with van der Waals surface area (Å²) in [6, 6.07) is 17.8. The Kier molecular flexibility index (Phi) is 4.69. The van der Waals surface area contributed by atoms with Gasteiger partial charge in [-0.3, -0.25) is 0 Å². The zero-order chi connectivity index (χ0) is 17.2. The third-order valence-corrected chi connectivity index (χ3v) is 4.54. The third kappa shape index (κ3) is 3.49. The van der Waals surface area contributed by atoms with Gasteiger partial charge in [-0.1, -0.05) is 56.6 Å². The van der Waals surface area contributed by atoms with Crippen molar-refractivity contribution < 1.29 is 5.11 Å². The first kappa shape index (κ1) is 16.7. The van der Waals surface area contributed by atoms with E-state index in [9.17, 15) is 5.11 Å². The van der Waals surface area contributed by atoms with Crippen LogP contribution in [0.5, 0.6) is 5.88 Å². The molecule has 124 valence electrons. The largest absolute Gasteiger partial charge is 0.491 e. The van der Waals surface area contributed by atoms with Gasteiger partial charge in [0.15, 0.2) is 0 Å². The fraction of sp³-hybridized carbons (Fsp3) is 0.222. The molecule has 3 aromatic rings. The number of benzene rings is 2. The topological polar surface area (TPSA) is 63.0 Å². The number of aromatic hydroxyl groups is 1. The minimum absolute atomic E-state index is 0.0574. The highest BCUT2D eigenvalue weighted by molar-refractivity contribution is 9.10. The van der Waals surface area contributed by atoms with Gasteiger partial charge in [0.2, 0.25) is 0 Å². The summed E-state index contributed by atoms with van der Waals surface area (Å²) in [5, 5.41) is 21.4. The highest BCUT2D eigenvalue weighted by atomic mass is 79.9. The quantitative estimate of drug-likeness (QED) is 0.700. The first-order chi connectivity index (χ1) is 11.5. The summed E-state index contributed by atoms with van der Waals surface area (Å²) >= 11 is 3.45. The average Bonchev–Trinajstić information content (AvgIpc) is 2.95. The van der Waals surface area contributed by atoms with E-state index >= 15 is 0 Å². The lowest BCUT2D eigenvalue weighted by atomic mass is 9.94. The number of para-hydroxylation sites is 1. The molecule has 0 aliphatic heterocycles. The minimum Gasteiger partial charge on any atom is -0.491 e. The monoisotopic (exact) mass is 386 g/mol. The van der Waals surface area contributed by atoms with Crippen LogP contribution in [0.15, 0.2) is 59.1 Å². The van der Waals surface area contributed by atoms with Crippen molar-refractivity contribution in [2.45, 2.75) is 25.9 Å². The predicted octanol–water partition coefficient (Wildman–Crippen LogP) is 3.76. The Balaban J connectivity index is 1.82. The van der Waals surface area contributed by atoms with Crippen LogP contribution in [0.3, 0.4) is 0 Å². The van der Waals surface area contributed by atoms with Crippen molar-refractivity contribution in [3.05, 3.63) is 70.3 Å². The first-order valence-electron chi connectivity index (χ1n) is 7.67. The molecule has 24 heavy (non-hydrogen) atoms. The van der Waals surface area contributed by atoms with Crippen LogP contribution in [-0.4, -0.2) is 20.1 Å². The first-order valence-corrected chi connectivity index (χ1v) is 8.47. The van der Waals surface area contributed by atoms with Crippen molar-refractivity contribution in [1.29, 1.82) is 0 Å². The number of nitrogens with one attached hydrogen (secondary N) is 1. The Bertz CT molecular complexity index is 813. The van der Waals surface area contributed by atoms with Crippen molar-refractivity contribution in [3.63, 3.8) is 0 Å². The average molecular weight is 387 g/mol. The Morgan fingerprint density at radius 1 is 1.08 bits per heavy atom. The van der Waals surface area contributed by atoms with Gasteiger partial charge in [-0.25, -0.2) is 4.68 Å². The van der Waals surface area contributed by atoms with Crippen LogP contribution < -0.4 is 5.32 Å². The lowest BCUT2D eigenvalue weighted by Crippen LogP contribution is -2.36. The van der Waals surface area contributed by atoms with Crippen LogP contribution in [-0.2, 0) is 12.1 Å². The number of nitrogens with zero attached hydrogens (tertiary/aromatic N) is 3. The normalized spacial score (nSPS) is 11.6. The SMILES string of the molecule is CC(C)(NCc1c(O)nnn1-c1ccccc1)c1ccc(Br)cc1. The molecule has 0 saturated heterocycles. The van der Waals surface area contributed by atoms with Gasteiger partial charge in [0.1, 0.15) is 5.69 Å². The molecule has 0 fully saturated rings.